The van der Waals surface area contributed by atoms with Crippen LogP contribution in [0.4, 0.5) is 0 Å². The molecule has 0 aliphatic rings. The summed E-state index contributed by atoms with van der Waals surface area (Å²) in [6.45, 7) is 1.09. The number of hydrogen-bond acceptors (Lipinski definition) is 3. The Morgan fingerprint density at radius 2 is 1.21 bits per heavy atom. The van der Waals surface area contributed by atoms with Crippen LogP contribution in [0.5, 0.6) is 11.5 Å². The van der Waals surface area contributed by atoms with Gasteiger partial charge in [0.15, 0.2) is 0 Å². The molecule has 0 N–H and O–H groups in total. The van der Waals surface area contributed by atoms with Gasteiger partial charge < -0.3 is 13.8 Å². The van der Waals surface area contributed by atoms with Gasteiger partial charge in [-0.05, 0) is 35.4 Å². The molecule has 2 unspecified atom stereocenters. The predicted octanol–water partition coefficient (Wildman–Crippen LogP) is 4.09. The Kier molecular flexibility index (Phi) is 5.75. The fraction of sp³-hybridized carbons (Fsp3) is 0.143. The maximum atomic E-state index is 5.83. The summed E-state index contributed by atoms with van der Waals surface area (Å²) in [4.78, 5) is 0. The van der Waals surface area contributed by atoms with Crippen LogP contribution in [-0.2, 0) is 22.3 Å². The summed E-state index contributed by atoms with van der Waals surface area (Å²) in [6.07, 6.45) is 0. The summed E-state index contributed by atoms with van der Waals surface area (Å²) in [5.74, 6) is 1.59. The van der Waals surface area contributed by atoms with E-state index in [-0.39, 0.29) is 0 Å². The Labute approximate surface area is 117 Å². The van der Waals surface area contributed by atoms with Crippen LogP contribution in [0.3, 0.4) is 0 Å². The topological polar surface area (TPSA) is 27.7 Å². The Hall–Kier alpha value is -0.980. The molecule has 2 aromatic rings. The lowest BCUT2D eigenvalue weighted by molar-refractivity contribution is 0.359. The van der Waals surface area contributed by atoms with Crippen LogP contribution < -0.4 is 4.74 Å². The maximum Gasteiger partial charge on any atom is 0.127 e. The summed E-state index contributed by atoms with van der Waals surface area (Å²) in [6, 6.07) is 15.7. The second-order valence-corrected chi connectivity index (χ2v) is 4.69. The van der Waals surface area contributed by atoms with E-state index in [1.54, 1.807) is 0 Å². The third-order valence-electron chi connectivity index (χ3n) is 2.53. The molecular weight excluding hydrogens is 278 g/mol. The van der Waals surface area contributed by atoms with Crippen molar-refractivity contribution in [3.05, 3.63) is 59.7 Å². The van der Waals surface area contributed by atoms with Crippen LogP contribution in [0.15, 0.2) is 48.5 Å². The number of ether oxygens (including phenoxy) is 1. The quantitative estimate of drug-likeness (QED) is 0.751. The van der Waals surface area contributed by atoms with E-state index in [1.807, 2.05) is 48.5 Å². The lowest BCUT2D eigenvalue weighted by Gasteiger charge is -2.08. The van der Waals surface area contributed by atoms with E-state index in [0.717, 1.165) is 22.6 Å². The first kappa shape index (κ1) is 14.4. The first-order valence-electron chi connectivity index (χ1n) is 5.81. The summed E-state index contributed by atoms with van der Waals surface area (Å²) < 4.78 is 15.9. The molecule has 0 bridgehead atoms. The molecule has 5 heteroatoms. The molecule has 0 amide bonds. The highest BCUT2D eigenvalue weighted by atomic mass is 31.0. The van der Waals surface area contributed by atoms with E-state index in [9.17, 15) is 0 Å². The van der Waals surface area contributed by atoms with E-state index >= 15 is 0 Å². The molecular formula is C14H16O3P2. The van der Waals surface area contributed by atoms with Crippen molar-refractivity contribution < 1.29 is 13.8 Å². The SMILES string of the molecule is POCc1cccc(Oc2cccc(COP)c2)c1. The molecule has 0 saturated heterocycles. The Morgan fingerprint density at radius 1 is 0.737 bits per heavy atom. The van der Waals surface area contributed by atoms with Gasteiger partial charge in [0.2, 0.25) is 0 Å². The monoisotopic (exact) mass is 294 g/mol. The maximum absolute atomic E-state index is 5.83. The van der Waals surface area contributed by atoms with Gasteiger partial charge in [0.05, 0.1) is 13.2 Å². The highest BCUT2D eigenvalue weighted by Crippen LogP contribution is 2.24. The van der Waals surface area contributed by atoms with E-state index in [1.165, 1.54) is 0 Å². The molecule has 0 spiro atoms. The Balaban J connectivity index is 2.11. The van der Waals surface area contributed by atoms with Crippen molar-refractivity contribution in [3.63, 3.8) is 0 Å². The van der Waals surface area contributed by atoms with Gasteiger partial charge >= 0.3 is 0 Å². The van der Waals surface area contributed by atoms with Gasteiger partial charge in [-0.3, -0.25) is 0 Å². The third-order valence-corrected chi connectivity index (χ3v) is 2.87. The van der Waals surface area contributed by atoms with Crippen LogP contribution in [0.2, 0.25) is 0 Å². The summed E-state index contributed by atoms with van der Waals surface area (Å²) in [5.41, 5.74) is 2.13. The molecule has 2 aromatic carbocycles. The van der Waals surface area contributed by atoms with Crippen LogP contribution >= 0.6 is 18.9 Å². The van der Waals surface area contributed by atoms with Crippen molar-refractivity contribution in [2.45, 2.75) is 13.2 Å². The van der Waals surface area contributed by atoms with Gasteiger partial charge in [0.1, 0.15) is 11.5 Å². The first-order chi connectivity index (χ1) is 9.31. The van der Waals surface area contributed by atoms with Crippen molar-refractivity contribution in [1.82, 2.24) is 0 Å². The van der Waals surface area contributed by atoms with E-state index in [4.69, 9.17) is 13.8 Å². The lowest BCUT2D eigenvalue weighted by Crippen LogP contribution is -1.89. The van der Waals surface area contributed by atoms with Gasteiger partial charge in [-0.1, -0.05) is 24.3 Å². The molecule has 0 radical (unpaired) electrons. The fourth-order valence-electron chi connectivity index (χ4n) is 1.73. The van der Waals surface area contributed by atoms with Crippen molar-refractivity contribution in [2.75, 3.05) is 0 Å². The van der Waals surface area contributed by atoms with Gasteiger partial charge in [0.25, 0.3) is 0 Å². The smallest absolute Gasteiger partial charge is 0.127 e. The molecule has 0 fully saturated rings. The average Bonchev–Trinajstić information content (AvgIpc) is 2.40. The fourth-order valence-corrected chi connectivity index (χ4v) is 2.11. The number of rotatable bonds is 6. The highest BCUT2D eigenvalue weighted by Gasteiger charge is 2.00. The van der Waals surface area contributed by atoms with Crippen LogP contribution in [-0.4, -0.2) is 0 Å². The molecule has 0 heterocycles. The highest BCUT2D eigenvalue weighted by molar-refractivity contribution is 7.09. The molecule has 0 aromatic heterocycles. The van der Waals surface area contributed by atoms with Crippen LogP contribution in [0.25, 0.3) is 0 Å². The van der Waals surface area contributed by atoms with Crippen LogP contribution in [0.1, 0.15) is 11.1 Å². The standard InChI is InChI=1S/C14H16O3P2/c18-15-9-11-3-1-5-13(7-11)17-14-6-2-4-12(8-14)10-16-19/h1-8H,9-10,18-19H2. The van der Waals surface area contributed by atoms with Crippen molar-refractivity contribution in [1.29, 1.82) is 0 Å². The Morgan fingerprint density at radius 3 is 1.63 bits per heavy atom. The van der Waals surface area contributed by atoms with Crippen molar-refractivity contribution in [2.24, 2.45) is 0 Å². The lowest BCUT2D eigenvalue weighted by atomic mass is 10.2. The first-order valence-corrected chi connectivity index (χ1v) is 6.75. The minimum atomic E-state index is 0.544. The van der Waals surface area contributed by atoms with Crippen molar-refractivity contribution in [3.8, 4) is 11.5 Å². The molecule has 19 heavy (non-hydrogen) atoms. The number of hydrogen-bond donors (Lipinski definition) is 0. The van der Waals surface area contributed by atoms with E-state index in [2.05, 4.69) is 18.9 Å². The Bertz CT molecular complexity index is 484. The zero-order valence-electron chi connectivity index (χ0n) is 10.4. The van der Waals surface area contributed by atoms with Crippen LogP contribution in [0, 0.1) is 0 Å². The second-order valence-electron chi connectivity index (χ2n) is 4.02. The molecule has 0 saturated carbocycles. The zero-order valence-corrected chi connectivity index (χ0v) is 12.7. The van der Waals surface area contributed by atoms with Crippen molar-refractivity contribution >= 4 is 18.9 Å². The number of benzene rings is 2. The zero-order chi connectivity index (χ0) is 13.5. The average molecular weight is 294 g/mol. The molecule has 0 aliphatic carbocycles. The normalized spacial score (nSPS) is 10.4. The summed E-state index contributed by atoms with van der Waals surface area (Å²) >= 11 is 0. The van der Waals surface area contributed by atoms with Gasteiger partial charge in [-0.15, -0.1) is 0 Å². The third kappa shape index (κ3) is 4.56. The largest absolute Gasteiger partial charge is 0.457 e. The molecule has 0 aliphatic heterocycles. The minimum absolute atomic E-state index is 0.544. The van der Waals surface area contributed by atoms with Gasteiger partial charge in [-0.25, -0.2) is 0 Å². The molecule has 3 nitrogen and oxygen atoms in total. The molecule has 100 valence electrons. The van der Waals surface area contributed by atoms with Gasteiger partial charge in [0, 0.05) is 18.9 Å². The molecule has 2 atom stereocenters. The molecule has 2 rings (SSSR count). The predicted molar refractivity (Wildman–Crippen MR) is 82.0 cm³/mol. The summed E-state index contributed by atoms with van der Waals surface area (Å²) in [7, 11) is 4.49. The van der Waals surface area contributed by atoms with Gasteiger partial charge in [-0.2, -0.15) is 0 Å². The van der Waals surface area contributed by atoms with E-state index in [0.29, 0.717) is 13.2 Å². The minimum Gasteiger partial charge on any atom is -0.457 e. The second kappa shape index (κ2) is 7.57. The summed E-state index contributed by atoms with van der Waals surface area (Å²) in [5, 5.41) is 0. The van der Waals surface area contributed by atoms with E-state index < -0.39 is 0 Å².